The molecule has 6 heteroatoms. The molecule has 0 radical (unpaired) electrons. The lowest BCUT2D eigenvalue weighted by Gasteiger charge is -2.14. The van der Waals surface area contributed by atoms with E-state index in [0.29, 0.717) is 6.61 Å². The van der Waals surface area contributed by atoms with Gasteiger partial charge in [0.25, 0.3) is 0 Å². The molecule has 22 heavy (non-hydrogen) atoms. The average Bonchev–Trinajstić information content (AvgIpc) is 3.17. The van der Waals surface area contributed by atoms with Gasteiger partial charge in [-0.2, -0.15) is 9.36 Å². The van der Waals surface area contributed by atoms with E-state index in [1.165, 1.54) is 11.5 Å². The van der Waals surface area contributed by atoms with Gasteiger partial charge in [0, 0.05) is 24.2 Å². The fourth-order valence-electron chi connectivity index (χ4n) is 2.14. The van der Waals surface area contributed by atoms with Gasteiger partial charge < -0.3 is 14.5 Å². The SMILES string of the molecule is COCC(Nc1nc(-c2ccccc2)ns1)c1ccc(C)o1. The zero-order chi connectivity index (χ0) is 15.4. The minimum atomic E-state index is -0.0877. The molecule has 2 aromatic heterocycles. The summed E-state index contributed by atoms with van der Waals surface area (Å²) in [5.41, 5.74) is 1.00. The van der Waals surface area contributed by atoms with E-state index in [9.17, 15) is 0 Å². The van der Waals surface area contributed by atoms with Crippen LogP contribution in [0.4, 0.5) is 5.13 Å². The van der Waals surface area contributed by atoms with Crippen LogP contribution in [-0.2, 0) is 4.74 Å². The summed E-state index contributed by atoms with van der Waals surface area (Å²) in [4.78, 5) is 4.53. The fourth-order valence-corrected chi connectivity index (χ4v) is 2.78. The Morgan fingerprint density at radius 2 is 2.05 bits per heavy atom. The molecule has 0 aliphatic rings. The first-order valence-electron chi connectivity index (χ1n) is 6.97. The highest BCUT2D eigenvalue weighted by Crippen LogP contribution is 2.26. The number of rotatable bonds is 6. The highest BCUT2D eigenvalue weighted by Gasteiger charge is 2.17. The Labute approximate surface area is 133 Å². The third-order valence-corrected chi connectivity index (χ3v) is 3.84. The van der Waals surface area contributed by atoms with Crippen molar-refractivity contribution in [1.82, 2.24) is 9.36 Å². The Balaban J connectivity index is 1.77. The standard InChI is InChI=1S/C16H17N3O2S/c1-11-8-9-14(21-11)13(10-20-2)17-16-18-15(19-22-16)12-6-4-3-5-7-12/h3-9,13H,10H2,1-2H3,(H,17,18,19). The number of anilines is 1. The molecule has 1 N–H and O–H groups in total. The predicted octanol–water partition coefficient (Wildman–Crippen LogP) is 3.91. The topological polar surface area (TPSA) is 60.2 Å². The molecule has 0 spiro atoms. The van der Waals surface area contributed by atoms with Crippen LogP contribution in [0.15, 0.2) is 46.9 Å². The van der Waals surface area contributed by atoms with E-state index in [4.69, 9.17) is 9.15 Å². The lowest BCUT2D eigenvalue weighted by molar-refractivity contribution is 0.178. The van der Waals surface area contributed by atoms with Crippen LogP contribution < -0.4 is 5.32 Å². The molecule has 3 rings (SSSR count). The number of benzene rings is 1. The van der Waals surface area contributed by atoms with Crippen LogP contribution in [0, 0.1) is 6.92 Å². The summed E-state index contributed by atoms with van der Waals surface area (Å²) < 4.78 is 15.3. The van der Waals surface area contributed by atoms with Crippen LogP contribution in [0.2, 0.25) is 0 Å². The first-order chi connectivity index (χ1) is 10.8. The summed E-state index contributed by atoms with van der Waals surface area (Å²) in [5.74, 6) is 2.43. The molecular weight excluding hydrogens is 298 g/mol. The highest BCUT2D eigenvalue weighted by atomic mass is 32.1. The van der Waals surface area contributed by atoms with Gasteiger partial charge in [-0.3, -0.25) is 0 Å². The third-order valence-electron chi connectivity index (χ3n) is 3.19. The molecule has 114 valence electrons. The van der Waals surface area contributed by atoms with Crippen LogP contribution in [0.5, 0.6) is 0 Å². The van der Waals surface area contributed by atoms with Crippen molar-refractivity contribution in [3.63, 3.8) is 0 Å². The van der Waals surface area contributed by atoms with Gasteiger partial charge in [-0.05, 0) is 19.1 Å². The molecule has 1 atom stereocenters. The van der Waals surface area contributed by atoms with Crippen molar-refractivity contribution in [3.05, 3.63) is 54.0 Å². The van der Waals surface area contributed by atoms with E-state index in [1.807, 2.05) is 49.4 Å². The smallest absolute Gasteiger partial charge is 0.203 e. The van der Waals surface area contributed by atoms with Crippen LogP contribution in [0.3, 0.4) is 0 Å². The number of nitrogens with zero attached hydrogens (tertiary/aromatic N) is 2. The van der Waals surface area contributed by atoms with E-state index in [2.05, 4.69) is 14.7 Å². The number of methoxy groups -OCH3 is 1. The summed E-state index contributed by atoms with van der Waals surface area (Å²) in [6, 6.07) is 13.7. The molecule has 1 unspecified atom stereocenters. The van der Waals surface area contributed by atoms with E-state index in [1.54, 1.807) is 7.11 Å². The monoisotopic (exact) mass is 315 g/mol. The first kappa shape index (κ1) is 14.7. The predicted molar refractivity (Wildman–Crippen MR) is 87.0 cm³/mol. The fraction of sp³-hybridized carbons (Fsp3) is 0.250. The van der Waals surface area contributed by atoms with E-state index in [-0.39, 0.29) is 6.04 Å². The Bertz CT molecular complexity index is 724. The molecule has 0 aliphatic heterocycles. The van der Waals surface area contributed by atoms with Crippen molar-refractivity contribution in [1.29, 1.82) is 0 Å². The maximum Gasteiger partial charge on any atom is 0.203 e. The molecule has 1 aromatic carbocycles. The van der Waals surface area contributed by atoms with Crippen LogP contribution >= 0.6 is 11.5 Å². The summed E-state index contributed by atoms with van der Waals surface area (Å²) in [7, 11) is 1.67. The maximum atomic E-state index is 5.68. The third kappa shape index (κ3) is 3.35. The van der Waals surface area contributed by atoms with Gasteiger partial charge in [-0.15, -0.1) is 0 Å². The van der Waals surface area contributed by atoms with Crippen molar-refractivity contribution < 1.29 is 9.15 Å². The van der Waals surface area contributed by atoms with E-state index in [0.717, 1.165) is 28.0 Å². The van der Waals surface area contributed by atoms with Crippen LogP contribution in [0.25, 0.3) is 11.4 Å². The minimum absolute atomic E-state index is 0.0877. The number of ether oxygens (including phenoxy) is 1. The van der Waals surface area contributed by atoms with Crippen LogP contribution in [0.1, 0.15) is 17.6 Å². The second kappa shape index (κ2) is 6.72. The van der Waals surface area contributed by atoms with Gasteiger partial charge in [0.15, 0.2) is 5.82 Å². The van der Waals surface area contributed by atoms with Crippen molar-refractivity contribution in [2.45, 2.75) is 13.0 Å². The van der Waals surface area contributed by atoms with Gasteiger partial charge in [0.05, 0.1) is 6.61 Å². The molecule has 0 bridgehead atoms. The van der Waals surface area contributed by atoms with Gasteiger partial charge in [0.1, 0.15) is 17.6 Å². The molecule has 0 saturated carbocycles. The molecule has 3 aromatic rings. The normalized spacial score (nSPS) is 12.3. The zero-order valence-electron chi connectivity index (χ0n) is 12.4. The lowest BCUT2D eigenvalue weighted by Crippen LogP contribution is -2.15. The number of aromatic nitrogens is 2. The van der Waals surface area contributed by atoms with E-state index < -0.39 is 0 Å². The maximum absolute atomic E-state index is 5.68. The molecule has 0 aliphatic carbocycles. The molecule has 0 saturated heterocycles. The number of hydrogen-bond donors (Lipinski definition) is 1. The quantitative estimate of drug-likeness (QED) is 0.747. The molecule has 0 amide bonds. The number of furan rings is 1. The second-order valence-corrected chi connectivity index (χ2v) is 5.64. The Morgan fingerprint density at radius 3 is 2.73 bits per heavy atom. The molecular formula is C16H17N3O2S. The zero-order valence-corrected chi connectivity index (χ0v) is 13.3. The van der Waals surface area contributed by atoms with Crippen molar-refractivity contribution in [2.24, 2.45) is 0 Å². The van der Waals surface area contributed by atoms with Crippen molar-refractivity contribution >= 4 is 16.7 Å². The number of aryl methyl sites for hydroxylation is 1. The minimum Gasteiger partial charge on any atom is -0.464 e. The van der Waals surface area contributed by atoms with Gasteiger partial charge >= 0.3 is 0 Å². The summed E-state index contributed by atoms with van der Waals surface area (Å²) in [5, 5.41) is 4.07. The second-order valence-electron chi connectivity index (χ2n) is 4.89. The van der Waals surface area contributed by atoms with Crippen molar-refractivity contribution in [2.75, 3.05) is 19.0 Å². The largest absolute Gasteiger partial charge is 0.464 e. The average molecular weight is 315 g/mol. The summed E-state index contributed by atoms with van der Waals surface area (Å²) >= 11 is 1.33. The lowest BCUT2D eigenvalue weighted by atomic mass is 10.2. The highest BCUT2D eigenvalue weighted by molar-refractivity contribution is 7.09. The van der Waals surface area contributed by atoms with E-state index >= 15 is 0 Å². The summed E-state index contributed by atoms with van der Waals surface area (Å²) in [6.45, 7) is 2.42. The van der Waals surface area contributed by atoms with Gasteiger partial charge in [-0.1, -0.05) is 30.3 Å². The number of hydrogen-bond acceptors (Lipinski definition) is 6. The Hall–Kier alpha value is -2.18. The Kier molecular flexibility index (Phi) is 4.50. The molecule has 5 nitrogen and oxygen atoms in total. The van der Waals surface area contributed by atoms with Crippen LogP contribution in [-0.4, -0.2) is 23.1 Å². The number of nitrogens with one attached hydrogen (secondary N) is 1. The first-order valence-corrected chi connectivity index (χ1v) is 7.74. The Morgan fingerprint density at radius 1 is 1.23 bits per heavy atom. The molecule has 0 fully saturated rings. The van der Waals surface area contributed by atoms with Gasteiger partial charge in [0.2, 0.25) is 5.13 Å². The molecule has 2 heterocycles. The van der Waals surface area contributed by atoms with Gasteiger partial charge in [-0.25, -0.2) is 0 Å². The van der Waals surface area contributed by atoms with Crippen molar-refractivity contribution in [3.8, 4) is 11.4 Å². The summed E-state index contributed by atoms with van der Waals surface area (Å²) in [6.07, 6.45) is 0.